The topological polar surface area (TPSA) is 14.2 Å². The van der Waals surface area contributed by atoms with Gasteiger partial charge in [0.05, 0.1) is 7.11 Å². The standard InChI is InChI=1S/C31H31NO/c1-31(2)26(15-10-16-29(31)24-13-8-5-9-14-24)19-25-22-32(21-23-11-6-4-7-12-23)30-18-17-27(33-3)20-28(25)30/h4-18,20,22,26H,19,21H2,1-3H3. The fourth-order valence-electron chi connectivity index (χ4n) is 5.14. The van der Waals surface area contributed by atoms with Gasteiger partial charge in [-0.1, -0.05) is 92.7 Å². The second kappa shape index (κ2) is 8.78. The number of methoxy groups -OCH3 is 1. The van der Waals surface area contributed by atoms with Crippen molar-refractivity contribution in [2.75, 3.05) is 7.11 Å². The molecule has 0 saturated heterocycles. The van der Waals surface area contributed by atoms with Crippen molar-refractivity contribution < 1.29 is 4.74 Å². The van der Waals surface area contributed by atoms with E-state index in [2.05, 4.69) is 122 Å². The first-order chi connectivity index (χ1) is 16.1. The molecular weight excluding hydrogens is 402 g/mol. The summed E-state index contributed by atoms with van der Waals surface area (Å²) in [5.74, 6) is 1.31. The zero-order chi connectivity index (χ0) is 22.8. The lowest BCUT2D eigenvalue weighted by Gasteiger charge is -2.37. The van der Waals surface area contributed by atoms with Crippen LogP contribution in [0.2, 0.25) is 0 Å². The first-order valence-corrected chi connectivity index (χ1v) is 11.7. The highest BCUT2D eigenvalue weighted by molar-refractivity contribution is 5.86. The summed E-state index contributed by atoms with van der Waals surface area (Å²) >= 11 is 0. The van der Waals surface area contributed by atoms with Gasteiger partial charge in [-0.2, -0.15) is 0 Å². The lowest BCUT2D eigenvalue weighted by Crippen LogP contribution is -2.27. The molecule has 0 N–H and O–H groups in total. The summed E-state index contributed by atoms with van der Waals surface area (Å²) in [6.45, 7) is 5.62. The van der Waals surface area contributed by atoms with Gasteiger partial charge in [0.1, 0.15) is 5.75 Å². The zero-order valence-electron chi connectivity index (χ0n) is 19.7. The average molecular weight is 434 g/mol. The number of rotatable bonds is 6. The van der Waals surface area contributed by atoms with Crippen molar-refractivity contribution in [2.24, 2.45) is 11.3 Å². The number of benzene rings is 3. The zero-order valence-corrected chi connectivity index (χ0v) is 19.7. The second-order valence-corrected chi connectivity index (χ2v) is 9.51. The van der Waals surface area contributed by atoms with E-state index in [4.69, 9.17) is 4.74 Å². The van der Waals surface area contributed by atoms with Crippen molar-refractivity contribution in [3.63, 3.8) is 0 Å². The molecule has 1 aromatic heterocycles. The minimum atomic E-state index is 0.0306. The van der Waals surface area contributed by atoms with Gasteiger partial charge in [-0.25, -0.2) is 0 Å². The van der Waals surface area contributed by atoms with E-state index < -0.39 is 0 Å². The van der Waals surface area contributed by atoms with Crippen LogP contribution in [0.25, 0.3) is 16.5 Å². The summed E-state index contributed by atoms with van der Waals surface area (Å²) in [5, 5.41) is 1.28. The SMILES string of the molecule is COc1ccc2c(c1)c(CC1C=CC=C(c3ccccc3)C1(C)C)cn2Cc1ccccc1. The first-order valence-electron chi connectivity index (χ1n) is 11.7. The summed E-state index contributed by atoms with van der Waals surface area (Å²) < 4.78 is 7.96. The Morgan fingerprint density at radius 3 is 2.36 bits per heavy atom. The molecule has 5 rings (SSSR count). The quantitative estimate of drug-likeness (QED) is 0.306. The van der Waals surface area contributed by atoms with Crippen molar-refractivity contribution in [1.29, 1.82) is 0 Å². The molecule has 1 aliphatic rings. The number of fused-ring (bicyclic) bond motifs is 1. The summed E-state index contributed by atoms with van der Waals surface area (Å²) in [4.78, 5) is 0. The molecule has 4 aromatic rings. The van der Waals surface area contributed by atoms with Crippen molar-refractivity contribution in [2.45, 2.75) is 26.8 Å². The molecule has 3 aromatic carbocycles. The monoisotopic (exact) mass is 433 g/mol. The minimum Gasteiger partial charge on any atom is -0.497 e. The van der Waals surface area contributed by atoms with Crippen molar-refractivity contribution >= 4 is 16.5 Å². The highest BCUT2D eigenvalue weighted by Crippen LogP contribution is 2.46. The van der Waals surface area contributed by atoms with Crippen molar-refractivity contribution in [1.82, 2.24) is 4.57 Å². The number of allylic oxidation sites excluding steroid dienone is 4. The van der Waals surface area contributed by atoms with Crippen LogP contribution in [0.15, 0.2) is 103 Å². The lowest BCUT2D eigenvalue weighted by atomic mass is 9.66. The normalized spacial score (nSPS) is 17.2. The number of aromatic nitrogens is 1. The fraction of sp³-hybridized carbons (Fsp3) is 0.226. The third-order valence-corrected chi connectivity index (χ3v) is 7.12. The van der Waals surface area contributed by atoms with Gasteiger partial charge < -0.3 is 9.30 Å². The van der Waals surface area contributed by atoms with E-state index in [1.807, 2.05) is 0 Å². The Hall–Kier alpha value is -3.52. The highest BCUT2D eigenvalue weighted by Gasteiger charge is 2.34. The lowest BCUT2D eigenvalue weighted by molar-refractivity contribution is 0.353. The summed E-state index contributed by atoms with van der Waals surface area (Å²) in [7, 11) is 1.74. The van der Waals surface area contributed by atoms with E-state index in [0.29, 0.717) is 5.92 Å². The predicted octanol–water partition coefficient (Wildman–Crippen LogP) is 7.54. The van der Waals surface area contributed by atoms with E-state index in [1.165, 1.54) is 33.2 Å². The van der Waals surface area contributed by atoms with Gasteiger partial charge in [0.2, 0.25) is 0 Å². The summed E-state index contributed by atoms with van der Waals surface area (Å²) in [6.07, 6.45) is 10.2. The number of nitrogens with zero attached hydrogens (tertiary/aromatic N) is 1. The van der Waals surface area contributed by atoms with Gasteiger partial charge in [-0.3, -0.25) is 0 Å². The molecule has 166 valence electrons. The van der Waals surface area contributed by atoms with Crippen LogP contribution in [0.4, 0.5) is 0 Å². The van der Waals surface area contributed by atoms with Gasteiger partial charge in [0.25, 0.3) is 0 Å². The Morgan fingerprint density at radius 1 is 0.909 bits per heavy atom. The first kappa shape index (κ1) is 21.3. The van der Waals surface area contributed by atoms with Crippen LogP contribution in [0.5, 0.6) is 5.75 Å². The fourth-order valence-corrected chi connectivity index (χ4v) is 5.14. The Kier molecular flexibility index (Phi) is 5.68. The Morgan fingerprint density at radius 2 is 1.64 bits per heavy atom. The minimum absolute atomic E-state index is 0.0306. The van der Waals surface area contributed by atoms with E-state index in [1.54, 1.807) is 7.11 Å². The third kappa shape index (κ3) is 4.14. The van der Waals surface area contributed by atoms with E-state index in [9.17, 15) is 0 Å². The molecule has 1 heterocycles. The Balaban J connectivity index is 1.52. The molecule has 0 spiro atoms. The maximum atomic E-state index is 5.58. The van der Waals surface area contributed by atoms with Gasteiger partial charge >= 0.3 is 0 Å². The molecule has 1 unspecified atom stereocenters. The van der Waals surface area contributed by atoms with Crippen molar-refractivity contribution in [3.05, 3.63) is 120 Å². The number of hydrogen-bond acceptors (Lipinski definition) is 1. The Labute approximate surface area is 196 Å². The second-order valence-electron chi connectivity index (χ2n) is 9.51. The molecule has 1 atom stereocenters. The molecule has 0 aliphatic heterocycles. The molecular formula is C31H31NO. The van der Waals surface area contributed by atoms with E-state index in [0.717, 1.165) is 18.7 Å². The van der Waals surface area contributed by atoms with E-state index in [-0.39, 0.29) is 5.41 Å². The smallest absolute Gasteiger partial charge is 0.119 e. The van der Waals surface area contributed by atoms with Gasteiger partial charge in [0, 0.05) is 23.6 Å². The maximum Gasteiger partial charge on any atom is 0.119 e. The molecule has 1 aliphatic carbocycles. The summed E-state index contributed by atoms with van der Waals surface area (Å²) in [5.41, 5.74) is 6.68. The largest absolute Gasteiger partial charge is 0.497 e. The van der Waals surface area contributed by atoms with Crippen LogP contribution < -0.4 is 4.74 Å². The van der Waals surface area contributed by atoms with Gasteiger partial charge in [-0.15, -0.1) is 0 Å². The maximum absolute atomic E-state index is 5.58. The van der Waals surface area contributed by atoms with E-state index >= 15 is 0 Å². The van der Waals surface area contributed by atoms with Crippen LogP contribution in [0.3, 0.4) is 0 Å². The molecule has 2 heteroatoms. The number of hydrogen-bond donors (Lipinski definition) is 0. The van der Waals surface area contributed by atoms with Crippen LogP contribution in [-0.4, -0.2) is 11.7 Å². The molecule has 0 bridgehead atoms. The van der Waals surface area contributed by atoms with Crippen molar-refractivity contribution in [3.8, 4) is 5.75 Å². The molecule has 0 fully saturated rings. The third-order valence-electron chi connectivity index (χ3n) is 7.12. The number of ether oxygens (including phenoxy) is 1. The molecule has 33 heavy (non-hydrogen) atoms. The van der Waals surface area contributed by atoms with Crippen LogP contribution >= 0.6 is 0 Å². The van der Waals surface area contributed by atoms with Crippen LogP contribution in [0.1, 0.15) is 30.5 Å². The highest BCUT2D eigenvalue weighted by atomic mass is 16.5. The predicted molar refractivity (Wildman–Crippen MR) is 139 cm³/mol. The molecule has 0 radical (unpaired) electrons. The molecule has 0 amide bonds. The Bertz CT molecular complexity index is 1310. The summed E-state index contributed by atoms with van der Waals surface area (Å²) in [6, 6.07) is 27.9. The average Bonchev–Trinajstić information content (AvgIpc) is 3.17. The van der Waals surface area contributed by atoms with Gasteiger partial charge in [-0.05, 0) is 58.2 Å². The van der Waals surface area contributed by atoms with Crippen LogP contribution in [0, 0.1) is 11.3 Å². The molecule has 2 nitrogen and oxygen atoms in total. The molecule has 0 saturated carbocycles. The van der Waals surface area contributed by atoms with Crippen LogP contribution in [-0.2, 0) is 13.0 Å². The van der Waals surface area contributed by atoms with Gasteiger partial charge in [0.15, 0.2) is 0 Å².